The van der Waals surface area contributed by atoms with Gasteiger partial charge in [-0.1, -0.05) is 66.7 Å². The molecular formula is C41H40N4O9. The topological polar surface area (TPSA) is 170 Å². The van der Waals surface area contributed by atoms with Crippen molar-refractivity contribution in [3.8, 4) is 16.9 Å². The first-order chi connectivity index (χ1) is 26.0. The number of fused-ring (bicyclic) bond motifs is 5. The fourth-order valence-corrected chi connectivity index (χ4v) is 7.81. The number of nitrogens with zero attached hydrogens (tertiary/aromatic N) is 2. The molecule has 4 aromatic rings. The lowest BCUT2D eigenvalue weighted by Gasteiger charge is -2.47. The predicted octanol–water partition coefficient (Wildman–Crippen LogP) is 6.99. The van der Waals surface area contributed by atoms with Crippen molar-refractivity contribution in [3.63, 3.8) is 0 Å². The summed E-state index contributed by atoms with van der Waals surface area (Å²) in [4.78, 5) is 50.3. The van der Waals surface area contributed by atoms with Crippen molar-refractivity contribution >= 4 is 35.6 Å². The van der Waals surface area contributed by atoms with E-state index in [1.165, 1.54) is 12.1 Å². The number of nitrogens with one attached hydrogen (secondary N) is 2. The molecule has 2 aliphatic heterocycles. The van der Waals surface area contributed by atoms with Gasteiger partial charge in [0.2, 0.25) is 5.72 Å². The standard InChI is InChI=1S/C41H40N4O9/c1-40(2)33-14-7-8-16-35(33)44(41(40)20-19-26-24-27(45(50)51)17-18-36(26)54-41)22-23-52-38(48)42-21-9-15-34(37(46)47)43-39(49)53-25-32-30-12-5-3-10-28(30)29-11-4-6-13-31(29)32/h3-8,10-14,16-20,24,32,34H,9,15,21-23,25H2,1-2H3,(H,42,48)(H,43,49)(H,46,47)/t34-,41?/m0/s1. The minimum Gasteiger partial charge on any atom is -0.480 e. The highest BCUT2D eigenvalue weighted by Gasteiger charge is 2.58. The van der Waals surface area contributed by atoms with Gasteiger partial charge in [0.05, 0.1) is 16.9 Å². The maximum atomic E-state index is 12.7. The number of hydrogen-bond donors (Lipinski definition) is 3. The summed E-state index contributed by atoms with van der Waals surface area (Å²) in [7, 11) is 0. The van der Waals surface area contributed by atoms with E-state index in [1.54, 1.807) is 6.07 Å². The number of amides is 2. The van der Waals surface area contributed by atoms with Gasteiger partial charge in [-0.25, -0.2) is 14.4 Å². The van der Waals surface area contributed by atoms with Crippen LogP contribution < -0.4 is 20.3 Å². The molecule has 13 heteroatoms. The fraction of sp³-hybridized carbons (Fsp3) is 0.293. The Morgan fingerprint density at radius 3 is 2.33 bits per heavy atom. The van der Waals surface area contributed by atoms with Gasteiger partial charge >= 0.3 is 18.2 Å². The van der Waals surface area contributed by atoms with Gasteiger partial charge in [0.15, 0.2) is 0 Å². The van der Waals surface area contributed by atoms with E-state index in [2.05, 4.69) is 24.5 Å². The Morgan fingerprint density at radius 1 is 0.944 bits per heavy atom. The Hall–Kier alpha value is -6.37. The second-order valence-corrected chi connectivity index (χ2v) is 14.0. The number of carboxylic acids is 1. The maximum Gasteiger partial charge on any atom is 0.407 e. The lowest BCUT2D eigenvalue weighted by atomic mass is 9.76. The van der Waals surface area contributed by atoms with Gasteiger partial charge in [0.1, 0.15) is 25.0 Å². The molecule has 4 aromatic carbocycles. The van der Waals surface area contributed by atoms with Crippen molar-refractivity contribution in [3.05, 3.63) is 129 Å². The van der Waals surface area contributed by atoms with E-state index in [-0.39, 0.29) is 50.8 Å². The molecule has 3 aliphatic rings. The number of carbonyl (C=O) groups excluding carboxylic acids is 2. The van der Waals surface area contributed by atoms with Crippen LogP contribution in [0.15, 0.2) is 97.1 Å². The minimum absolute atomic E-state index is 0.00338. The molecule has 54 heavy (non-hydrogen) atoms. The summed E-state index contributed by atoms with van der Waals surface area (Å²) in [5, 5.41) is 26.2. The van der Waals surface area contributed by atoms with E-state index in [0.29, 0.717) is 11.3 Å². The molecule has 0 fully saturated rings. The van der Waals surface area contributed by atoms with Gasteiger partial charge < -0.3 is 34.9 Å². The first kappa shape index (κ1) is 36.0. The number of carbonyl (C=O) groups is 3. The van der Waals surface area contributed by atoms with Crippen LogP contribution >= 0.6 is 0 Å². The summed E-state index contributed by atoms with van der Waals surface area (Å²) >= 11 is 0. The number of para-hydroxylation sites is 1. The SMILES string of the molecule is CC1(C)c2ccccc2N(CCOC(=O)NCCC[C@H](NC(=O)OCC2c3ccccc3-c3ccccc32)C(=O)O)C12C=Cc1cc([N+](=O)[O-])ccc1O2. The summed E-state index contributed by atoms with van der Waals surface area (Å²) in [6, 6.07) is 27.0. The number of alkyl carbamates (subject to hydrolysis) is 2. The summed E-state index contributed by atoms with van der Waals surface area (Å²) in [6.07, 6.45) is 2.52. The summed E-state index contributed by atoms with van der Waals surface area (Å²) in [5.41, 5.74) is 5.20. The lowest BCUT2D eigenvalue weighted by molar-refractivity contribution is -0.384. The zero-order valence-electron chi connectivity index (χ0n) is 29.8. The first-order valence-corrected chi connectivity index (χ1v) is 17.8. The van der Waals surface area contributed by atoms with E-state index >= 15 is 0 Å². The monoisotopic (exact) mass is 732 g/mol. The van der Waals surface area contributed by atoms with Crippen LogP contribution in [-0.4, -0.2) is 66.3 Å². The van der Waals surface area contributed by atoms with E-state index in [4.69, 9.17) is 14.2 Å². The second kappa shape index (κ2) is 14.6. The number of aliphatic carboxylic acids is 1. The maximum absolute atomic E-state index is 12.7. The zero-order chi connectivity index (χ0) is 38.0. The highest BCUT2D eigenvalue weighted by molar-refractivity contribution is 5.81. The molecule has 0 aromatic heterocycles. The molecule has 1 spiro atoms. The molecule has 1 unspecified atom stereocenters. The third-order valence-electron chi connectivity index (χ3n) is 10.5. The van der Waals surface area contributed by atoms with Crippen LogP contribution in [0.4, 0.5) is 21.0 Å². The molecule has 278 valence electrons. The molecule has 0 bridgehead atoms. The van der Waals surface area contributed by atoms with Crippen molar-refractivity contribution in [2.45, 2.75) is 49.8 Å². The quantitative estimate of drug-likeness (QED) is 0.0784. The van der Waals surface area contributed by atoms with Crippen LogP contribution in [0.1, 0.15) is 54.9 Å². The Kier molecular flexibility index (Phi) is 9.72. The summed E-state index contributed by atoms with van der Waals surface area (Å²) < 4.78 is 17.7. The van der Waals surface area contributed by atoms with Crippen LogP contribution in [0.25, 0.3) is 17.2 Å². The molecule has 7 rings (SSSR count). The van der Waals surface area contributed by atoms with Crippen molar-refractivity contribution < 1.29 is 38.6 Å². The van der Waals surface area contributed by atoms with Crippen LogP contribution in [0.5, 0.6) is 5.75 Å². The normalized spacial score (nSPS) is 17.7. The summed E-state index contributed by atoms with van der Waals surface area (Å²) in [5.74, 6) is -0.873. The molecule has 2 atom stereocenters. The minimum atomic E-state index is -1.21. The molecular weight excluding hydrogens is 692 g/mol. The van der Waals surface area contributed by atoms with Gasteiger partial charge in [-0.15, -0.1) is 0 Å². The van der Waals surface area contributed by atoms with Crippen LogP contribution in [0.3, 0.4) is 0 Å². The van der Waals surface area contributed by atoms with Gasteiger partial charge in [0.25, 0.3) is 5.69 Å². The van der Waals surface area contributed by atoms with Crippen molar-refractivity contribution in [2.75, 3.05) is 31.2 Å². The zero-order valence-corrected chi connectivity index (χ0v) is 29.8. The third-order valence-corrected chi connectivity index (χ3v) is 10.5. The predicted molar refractivity (Wildman–Crippen MR) is 201 cm³/mol. The Balaban J connectivity index is 0.899. The molecule has 1 aliphatic carbocycles. The number of anilines is 1. The Morgan fingerprint density at radius 2 is 1.63 bits per heavy atom. The van der Waals surface area contributed by atoms with Crippen LogP contribution in [0.2, 0.25) is 0 Å². The molecule has 2 amide bonds. The fourth-order valence-electron chi connectivity index (χ4n) is 7.81. The molecule has 0 saturated carbocycles. The number of ether oxygens (including phenoxy) is 3. The second-order valence-electron chi connectivity index (χ2n) is 14.0. The van der Waals surface area contributed by atoms with Crippen LogP contribution in [-0.2, 0) is 19.7 Å². The Labute approximate surface area is 311 Å². The highest BCUT2D eigenvalue weighted by Crippen LogP contribution is 2.55. The molecule has 13 nitrogen and oxygen atoms in total. The highest BCUT2D eigenvalue weighted by atomic mass is 16.6. The lowest BCUT2D eigenvalue weighted by Crippen LogP contribution is -2.60. The average Bonchev–Trinajstić information content (AvgIpc) is 3.57. The number of nitro groups is 1. The van der Waals surface area contributed by atoms with Crippen molar-refractivity contribution in [2.24, 2.45) is 0 Å². The van der Waals surface area contributed by atoms with Crippen molar-refractivity contribution in [1.29, 1.82) is 0 Å². The number of benzene rings is 4. The number of nitro benzene ring substituents is 1. The van der Waals surface area contributed by atoms with Crippen molar-refractivity contribution in [1.82, 2.24) is 10.6 Å². The molecule has 0 radical (unpaired) electrons. The molecule has 2 heterocycles. The summed E-state index contributed by atoms with van der Waals surface area (Å²) in [6.45, 7) is 4.57. The van der Waals surface area contributed by atoms with E-state index in [9.17, 15) is 29.6 Å². The van der Waals surface area contributed by atoms with Gasteiger partial charge in [-0.2, -0.15) is 0 Å². The smallest absolute Gasteiger partial charge is 0.407 e. The van der Waals surface area contributed by atoms with Gasteiger partial charge in [0, 0.05) is 35.8 Å². The number of carboxylic acid groups (broad SMARTS) is 1. The van der Waals surface area contributed by atoms with Gasteiger partial charge in [-0.3, -0.25) is 10.1 Å². The van der Waals surface area contributed by atoms with Crippen LogP contribution in [0, 0.1) is 10.1 Å². The number of rotatable bonds is 12. The van der Waals surface area contributed by atoms with E-state index in [0.717, 1.165) is 33.5 Å². The van der Waals surface area contributed by atoms with E-state index in [1.807, 2.05) is 89.8 Å². The van der Waals surface area contributed by atoms with E-state index < -0.39 is 40.3 Å². The Bertz CT molecular complexity index is 2100. The average molecular weight is 733 g/mol. The van der Waals surface area contributed by atoms with Gasteiger partial charge in [-0.05, 0) is 78.8 Å². The first-order valence-electron chi connectivity index (χ1n) is 17.8. The molecule has 3 N–H and O–H groups in total. The largest absolute Gasteiger partial charge is 0.480 e. The third kappa shape index (κ3) is 6.57. The number of hydrogen-bond acceptors (Lipinski definition) is 9. The number of non-ortho nitro benzene ring substituents is 1. The molecule has 0 saturated heterocycles.